The minimum absolute atomic E-state index is 0. The molecule has 4 heteroatoms. The molecule has 2 rings (SSSR count). The SMILES string of the molecule is C[C@@H]1CNCCN1C(=O)c1ccc(C(C)(C)C)cc1.Cl. The summed E-state index contributed by atoms with van der Waals surface area (Å²) in [6, 6.07) is 8.32. The Kier molecular flexibility index (Phi) is 5.60. The molecule has 0 aromatic heterocycles. The highest BCUT2D eigenvalue weighted by molar-refractivity contribution is 5.94. The summed E-state index contributed by atoms with van der Waals surface area (Å²) in [6.07, 6.45) is 0. The first kappa shape index (κ1) is 17.0. The minimum atomic E-state index is 0. The van der Waals surface area contributed by atoms with Crippen molar-refractivity contribution in [2.45, 2.75) is 39.2 Å². The zero-order valence-corrected chi connectivity index (χ0v) is 13.6. The highest BCUT2D eigenvalue weighted by Crippen LogP contribution is 2.22. The van der Waals surface area contributed by atoms with Crippen LogP contribution in [0.3, 0.4) is 0 Å². The van der Waals surface area contributed by atoms with E-state index in [1.54, 1.807) is 0 Å². The van der Waals surface area contributed by atoms with Crippen molar-refractivity contribution in [3.05, 3.63) is 35.4 Å². The van der Waals surface area contributed by atoms with Crippen molar-refractivity contribution in [3.63, 3.8) is 0 Å². The minimum Gasteiger partial charge on any atom is -0.333 e. The summed E-state index contributed by atoms with van der Waals surface area (Å²) in [6.45, 7) is 11.2. The van der Waals surface area contributed by atoms with E-state index in [4.69, 9.17) is 0 Å². The normalized spacial score (nSPS) is 19.4. The lowest BCUT2D eigenvalue weighted by Crippen LogP contribution is -2.52. The number of piperazine rings is 1. The highest BCUT2D eigenvalue weighted by Gasteiger charge is 2.24. The van der Waals surface area contributed by atoms with Gasteiger partial charge in [0.05, 0.1) is 0 Å². The van der Waals surface area contributed by atoms with Crippen LogP contribution >= 0.6 is 12.4 Å². The smallest absolute Gasteiger partial charge is 0.254 e. The summed E-state index contributed by atoms with van der Waals surface area (Å²) in [5, 5.41) is 3.31. The van der Waals surface area contributed by atoms with Gasteiger partial charge in [-0.2, -0.15) is 0 Å². The number of carbonyl (C=O) groups is 1. The zero-order chi connectivity index (χ0) is 14.0. The Labute approximate surface area is 128 Å². The van der Waals surface area contributed by atoms with Crippen molar-refractivity contribution in [2.24, 2.45) is 0 Å². The number of carbonyl (C=O) groups excluding carboxylic acids is 1. The topological polar surface area (TPSA) is 32.3 Å². The van der Waals surface area contributed by atoms with E-state index in [-0.39, 0.29) is 29.8 Å². The van der Waals surface area contributed by atoms with E-state index in [0.717, 1.165) is 25.2 Å². The van der Waals surface area contributed by atoms with Crippen LogP contribution < -0.4 is 5.32 Å². The fourth-order valence-electron chi connectivity index (χ4n) is 2.42. The molecule has 1 aliphatic heterocycles. The van der Waals surface area contributed by atoms with Crippen LogP contribution in [0.15, 0.2) is 24.3 Å². The van der Waals surface area contributed by atoms with E-state index in [1.165, 1.54) is 5.56 Å². The van der Waals surface area contributed by atoms with Crippen molar-refractivity contribution >= 4 is 18.3 Å². The second-order valence-corrected chi connectivity index (χ2v) is 6.38. The summed E-state index contributed by atoms with van der Waals surface area (Å²) in [7, 11) is 0. The van der Waals surface area contributed by atoms with Gasteiger partial charge >= 0.3 is 0 Å². The molecule has 1 N–H and O–H groups in total. The number of amides is 1. The van der Waals surface area contributed by atoms with Crippen LogP contribution in [0.5, 0.6) is 0 Å². The standard InChI is InChI=1S/C16H24N2O.ClH/c1-12-11-17-9-10-18(12)15(19)13-5-7-14(8-6-13)16(2,3)4;/h5-8,12,17H,9-11H2,1-4H3;1H/t12-;/m1./s1. The Hall–Kier alpha value is -1.06. The molecular formula is C16H25ClN2O. The van der Waals surface area contributed by atoms with Crippen LogP contribution in [0.4, 0.5) is 0 Å². The average Bonchev–Trinajstić information content (AvgIpc) is 2.38. The molecule has 20 heavy (non-hydrogen) atoms. The van der Waals surface area contributed by atoms with Gasteiger partial charge in [-0.1, -0.05) is 32.9 Å². The van der Waals surface area contributed by atoms with Crippen LogP contribution in [0.2, 0.25) is 0 Å². The van der Waals surface area contributed by atoms with E-state index in [9.17, 15) is 4.79 Å². The van der Waals surface area contributed by atoms with E-state index in [1.807, 2.05) is 17.0 Å². The number of rotatable bonds is 1. The van der Waals surface area contributed by atoms with Crippen molar-refractivity contribution < 1.29 is 4.79 Å². The lowest BCUT2D eigenvalue weighted by atomic mass is 9.86. The molecule has 0 spiro atoms. The molecule has 112 valence electrons. The third-order valence-electron chi connectivity index (χ3n) is 3.76. The maximum absolute atomic E-state index is 12.5. The molecule has 0 bridgehead atoms. The molecule has 1 fully saturated rings. The molecule has 1 heterocycles. The summed E-state index contributed by atoms with van der Waals surface area (Å²) < 4.78 is 0. The largest absolute Gasteiger partial charge is 0.333 e. The number of benzene rings is 1. The van der Waals surface area contributed by atoms with Gasteiger partial charge in [0, 0.05) is 31.2 Å². The molecule has 0 aliphatic carbocycles. The van der Waals surface area contributed by atoms with Crippen molar-refractivity contribution in [2.75, 3.05) is 19.6 Å². The maximum atomic E-state index is 12.5. The van der Waals surface area contributed by atoms with Gasteiger partial charge in [0.1, 0.15) is 0 Å². The van der Waals surface area contributed by atoms with Gasteiger partial charge in [0.25, 0.3) is 5.91 Å². The number of halogens is 1. The summed E-state index contributed by atoms with van der Waals surface area (Å²) in [5.74, 6) is 0.148. The van der Waals surface area contributed by atoms with E-state index >= 15 is 0 Å². The second kappa shape index (κ2) is 6.59. The molecule has 1 aromatic carbocycles. The zero-order valence-electron chi connectivity index (χ0n) is 12.8. The molecule has 1 amide bonds. The van der Waals surface area contributed by atoms with Gasteiger partial charge in [0.2, 0.25) is 0 Å². The molecular weight excluding hydrogens is 272 g/mol. The van der Waals surface area contributed by atoms with E-state index in [0.29, 0.717) is 0 Å². The van der Waals surface area contributed by atoms with Gasteiger partial charge in [-0.15, -0.1) is 12.4 Å². The molecule has 0 unspecified atom stereocenters. The van der Waals surface area contributed by atoms with Crippen LogP contribution in [-0.4, -0.2) is 36.5 Å². The number of hydrogen-bond donors (Lipinski definition) is 1. The first-order valence-corrected chi connectivity index (χ1v) is 7.02. The Morgan fingerprint density at radius 1 is 1.25 bits per heavy atom. The van der Waals surface area contributed by atoms with E-state index < -0.39 is 0 Å². The predicted molar refractivity (Wildman–Crippen MR) is 85.8 cm³/mol. The molecule has 0 radical (unpaired) electrons. The van der Waals surface area contributed by atoms with Gasteiger partial charge in [-0.05, 0) is 30.0 Å². The predicted octanol–water partition coefficient (Wildman–Crippen LogP) is 2.84. The van der Waals surface area contributed by atoms with Crippen molar-refractivity contribution in [3.8, 4) is 0 Å². The van der Waals surface area contributed by atoms with Crippen LogP contribution in [0.1, 0.15) is 43.6 Å². The Morgan fingerprint density at radius 3 is 2.35 bits per heavy atom. The molecule has 1 aliphatic rings. The van der Waals surface area contributed by atoms with Gasteiger partial charge in [-0.3, -0.25) is 4.79 Å². The lowest BCUT2D eigenvalue weighted by Gasteiger charge is -2.34. The van der Waals surface area contributed by atoms with Crippen molar-refractivity contribution in [1.82, 2.24) is 10.2 Å². The van der Waals surface area contributed by atoms with Crippen molar-refractivity contribution in [1.29, 1.82) is 0 Å². The number of nitrogens with one attached hydrogen (secondary N) is 1. The Bertz CT molecular complexity index is 451. The lowest BCUT2D eigenvalue weighted by molar-refractivity contribution is 0.0655. The van der Waals surface area contributed by atoms with E-state index in [2.05, 4.69) is 45.1 Å². The van der Waals surface area contributed by atoms with Gasteiger partial charge in [-0.25, -0.2) is 0 Å². The quantitative estimate of drug-likeness (QED) is 0.864. The number of nitrogens with zero attached hydrogens (tertiary/aromatic N) is 1. The van der Waals surface area contributed by atoms with Gasteiger partial charge in [0.15, 0.2) is 0 Å². The van der Waals surface area contributed by atoms with Crippen LogP contribution in [0, 0.1) is 0 Å². The molecule has 0 saturated carbocycles. The summed E-state index contributed by atoms with van der Waals surface area (Å²) in [4.78, 5) is 14.4. The molecule has 1 atom stereocenters. The fourth-order valence-corrected chi connectivity index (χ4v) is 2.42. The average molecular weight is 297 g/mol. The summed E-state index contributed by atoms with van der Waals surface area (Å²) in [5.41, 5.74) is 2.18. The monoisotopic (exact) mass is 296 g/mol. The maximum Gasteiger partial charge on any atom is 0.254 e. The van der Waals surface area contributed by atoms with Gasteiger partial charge < -0.3 is 10.2 Å². The Balaban J connectivity index is 0.00000200. The summed E-state index contributed by atoms with van der Waals surface area (Å²) >= 11 is 0. The molecule has 1 aromatic rings. The first-order valence-electron chi connectivity index (χ1n) is 7.02. The second-order valence-electron chi connectivity index (χ2n) is 6.38. The van der Waals surface area contributed by atoms with Crippen LogP contribution in [0.25, 0.3) is 0 Å². The third-order valence-corrected chi connectivity index (χ3v) is 3.76. The third kappa shape index (κ3) is 3.74. The number of hydrogen-bond acceptors (Lipinski definition) is 2. The molecule has 3 nitrogen and oxygen atoms in total. The fraction of sp³-hybridized carbons (Fsp3) is 0.562. The Morgan fingerprint density at radius 2 is 1.85 bits per heavy atom. The first-order chi connectivity index (χ1) is 8.89. The highest BCUT2D eigenvalue weighted by atomic mass is 35.5. The molecule has 1 saturated heterocycles. The van der Waals surface area contributed by atoms with Crippen LogP contribution in [-0.2, 0) is 5.41 Å².